The van der Waals surface area contributed by atoms with E-state index < -0.39 is 4.92 Å². The number of aliphatic hydroxyl groups excluding tert-OH is 1. The Morgan fingerprint density at radius 1 is 1.58 bits per heavy atom. The second-order valence-corrected chi connectivity index (χ2v) is 4.32. The Morgan fingerprint density at radius 3 is 3.00 bits per heavy atom. The van der Waals surface area contributed by atoms with Crippen LogP contribution in [0.25, 0.3) is 0 Å². The number of hydrazine groups is 1. The minimum atomic E-state index is -0.562. The number of nitrogens with one attached hydrogen (secondary N) is 1. The summed E-state index contributed by atoms with van der Waals surface area (Å²) in [4.78, 5) is 20.1. The molecule has 0 spiro atoms. The topological polar surface area (TPSA) is 130 Å². The number of hydrogen-bond donors (Lipinski definition) is 3. The molecule has 1 aromatic heterocycles. The van der Waals surface area contributed by atoms with Gasteiger partial charge < -0.3 is 15.4 Å². The highest BCUT2D eigenvalue weighted by Crippen LogP contribution is 2.34. The van der Waals surface area contributed by atoms with Gasteiger partial charge in [-0.3, -0.25) is 10.1 Å². The second-order valence-electron chi connectivity index (χ2n) is 4.32. The predicted molar refractivity (Wildman–Crippen MR) is 68.6 cm³/mol. The fourth-order valence-electron chi connectivity index (χ4n) is 2.32. The lowest BCUT2D eigenvalue weighted by Gasteiger charge is -2.35. The highest BCUT2D eigenvalue weighted by Gasteiger charge is 2.31. The SMILES string of the molecule is NNc1ncnc(N2CCCCC2CO)c1[N+](=O)[O-]. The molecule has 0 aliphatic carbocycles. The van der Waals surface area contributed by atoms with Crippen LogP contribution in [0.15, 0.2) is 6.33 Å². The van der Waals surface area contributed by atoms with Crippen LogP contribution in [-0.2, 0) is 0 Å². The van der Waals surface area contributed by atoms with E-state index in [1.165, 1.54) is 6.33 Å². The number of piperidine rings is 1. The van der Waals surface area contributed by atoms with E-state index in [9.17, 15) is 15.2 Å². The van der Waals surface area contributed by atoms with Gasteiger partial charge >= 0.3 is 5.69 Å². The molecule has 4 N–H and O–H groups in total. The van der Waals surface area contributed by atoms with E-state index in [0.717, 1.165) is 19.3 Å². The molecule has 1 atom stereocenters. The van der Waals surface area contributed by atoms with Crippen molar-refractivity contribution < 1.29 is 10.0 Å². The molecule has 0 saturated carbocycles. The lowest BCUT2D eigenvalue weighted by Crippen LogP contribution is -2.42. The summed E-state index contributed by atoms with van der Waals surface area (Å²) in [5, 5.41) is 20.6. The minimum Gasteiger partial charge on any atom is -0.394 e. The van der Waals surface area contributed by atoms with E-state index in [-0.39, 0.29) is 30.0 Å². The molecule has 9 nitrogen and oxygen atoms in total. The number of hydrogen-bond acceptors (Lipinski definition) is 8. The van der Waals surface area contributed by atoms with Crippen LogP contribution in [-0.4, -0.2) is 39.2 Å². The number of aromatic nitrogens is 2. The van der Waals surface area contributed by atoms with Gasteiger partial charge in [0.1, 0.15) is 6.33 Å². The van der Waals surface area contributed by atoms with Gasteiger partial charge in [-0.2, -0.15) is 0 Å². The number of nitro groups is 1. The summed E-state index contributed by atoms with van der Waals surface area (Å²) in [6.07, 6.45) is 3.90. The van der Waals surface area contributed by atoms with Gasteiger partial charge in [-0.25, -0.2) is 15.8 Å². The van der Waals surface area contributed by atoms with Gasteiger partial charge in [-0.15, -0.1) is 0 Å². The molecular formula is C10H16N6O3. The standard InChI is InChI=1S/C10H16N6O3/c11-14-9-8(16(18)19)10(13-6-12-9)15-4-2-1-3-7(15)5-17/h6-7,17H,1-5,11H2,(H,12,13,14). The zero-order valence-electron chi connectivity index (χ0n) is 10.3. The second kappa shape index (κ2) is 5.76. The number of anilines is 2. The van der Waals surface area contributed by atoms with Gasteiger partial charge in [0, 0.05) is 6.54 Å². The summed E-state index contributed by atoms with van der Waals surface area (Å²) in [6.45, 7) is 0.555. The number of rotatable bonds is 4. The van der Waals surface area contributed by atoms with E-state index in [1.54, 1.807) is 4.90 Å². The largest absolute Gasteiger partial charge is 0.394 e. The van der Waals surface area contributed by atoms with Gasteiger partial charge in [-0.05, 0) is 19.3 Å². The van der Waals surface area contributed by atoms with Gasteiger partial charge in [0.15, 0.2) is 0 Å². The number of nitrogens with zero attached hydrogens (tertiary/aromatic N) is 4. The summed E-state index contributed by atoms with van der Waals surface area (Å²) in [7, 11) is 0. The van der Waals surface area contributed by atoms with Crippen molar-refractivity contribution in [3.8, 4) is 0 Å². The van der Waals surface area contributed by atoms with Gasteiger partial charge in [0.05, 0.1) is 17.6 Å². The molecule has 1 aromatic rings. The van der Waals surface area contributed by atoms with Gasteiger partial charge in [0.2, 0.25) is 11.6 Å². The maximum atomic E-state index is 11.2. The lowest BCUT2D eigenvalue weighted by atomic mass is 10.0. The summed E-state index contributed by atoms with van der Waals surface area (Å²) >= 11 is 0. The van der Waals surface area contributed by atoms with E-state index in [1.807, 2.05) is 0 Å². The Balaban J connectivity index is 2.45. The van der Waals surface area contributed by atoms with Crippen molar-refractivity contribution in [3.63, 3.8) is 0 Å². The summed E-state index contributed by atoms with van der Waals surface area (Å²) < 4.78 is 0. The lowest BCUT2D eigenvalue weighted by molar-refractivity contribution is -0.383. The van der Waals surface area contributed by atoms with E-state index in [4.69, 9.17) is 5.84 Å². The first-order chi connectivity index (χ1) is 9.19. The molecule has 1 fully saturated rings. The van der Waals surface area contributed by atoms with Crippen LogP contribution in [0, 0.1) is 10.1 Å². The molecule has 104 valence electrons. The van der Waals surface area contributed by atoms with E-state index >= 15 is 0 Å². The van der Waals surface area contributed by atoms with Crippen molar-refractivity contribution in [1.82, 2.24) is 9.97 Å². The Morgan fingerprint density at radius 2 is 2.37 bits per heavy atom. The first kappa shape index (κ1) is 13.4. The normalized spacial score (nSPS) is 19.3. The molecular weight excluding hydrogens is 252 g/mol. The quantitative estimate of drug-likeness (QED) is 0.396. The van der Waals surface area contributed by atoms with Crippen molar-refractivity contribution in [1.29, 1.82) is 0 Å². The average molecular weight is 268 g/mol. The summed E-state index contributed by atoms with van der Waals surface area (Å²) in [5.41, 5.74) is 1.95. The third-order valence-electron chi connectivity index (χ3n) is 3.23. The van der Waals surface area contributed by atoms with Crippen LogP contribution >= 0.6 is 0 Å². The van der Waals surface area contributed by atoms with Crippen molar-refractivity contribution in [3.05, 3.63) is 16.4 Å². The summed E-state index contributed by atoms with van der Waals surface area (Å²) in [5.74, 6) is 5.41. The summed E-state index contributed by atoms with van der Waals surface area (Å²) in [6, 6.07) is -0.159. The molecule has 1 unspecified atom stereocenters. The Labute approximate surface area is 109 Å². The van der Waals surface area contributed by atoms with Gasteiger partial charge in [0.25, 0.3) is 0 Å². The Kier molecular flexibility index (Phi) is 4.07. The molecule has 1 saturated heterocycles. The van der Waals surface area contributed by atoms with Crippen LogP contribution in [0.2, 0.25) is 0 Å². The maximum Gasteiger partial charge on any atom is 0.354 e. The van der Waals surface area contributed by atoms with Crippen molar-refractivity contribution in [2.75, 3.05) is 23.5 Å². The third kappa shape index (κ3) is 2.56. The molecule has 9 heteroatoms. The smallest absolute Gasteiger partial charge is 0.354 e. The van der Waals surface area contributed by atoms with Crippen LogP contribution in [0.1, 0.15) is 19.3 Å². The predicted octanol–water partition coefficient (Wildman–Crippen LogP) is 0.0216. The molecule has 1 aliphatic heterocycles. The van der Waals surface area contributed by atoms with Crippen LogP contribution in [0.3, 0.4) is 0 Å². The van der Waals surface area contributed by atoms with Crippen molar-refractivity contribution in [2.45, 2.75) is 25.3 Å². The fourth-order valence-corrected chi connectivity index (χ4v) is 2.32. The van der Waals surface area contributed by atoms with E-state index in [2.05, 4.69) is 15.4 Å². The number of nitrogen functional groups attached to an aromatic ring is 1. The monoisotopic (exact) mass is 268 g/mol. The first-order valence-corrected chi connectivity index (χ1v) is 6.02. The molecule has 2 rings (SSSR count). The van der Waals surface area contributed by atoms with E-state index in [0.29, 0.717) is 6.54 Å². The van der Waals surface area contributed by atoms with Crippen LogP contribution < -0.4 is 16.2 Å². The maximum absolute atomic E-state index is 11.2. The molecule has 2 heterocycles. The van der Waals surface area contributed by atoms with Crippen LogP contribution in [0.5, 0.6) is 0 Å². The van der Waals surface area contributed by atoms with Crippen molar-refractivity contribution >= 4 is 17.3 Å². The molecule has 0 bridgehead atoms. The number of nitrogens with two attached hydrogens (primary N) is 1. The molecule has 0 radical (unpaired) electrons. The molecule has 0 amide bonds. The zero-order valence-corrected chi connectivity index (χ0v) is 10.3. The highest BCUT2D eigenvalue weighted by atomic mass is 16.6. The molecule has 19 heavy (non-hydrogen) atoms. The van der Waals surface area contributed by atoms with Crippen LogP contribution in [0.4, 0.5) is 17.3 Å². The highest BCUT2D eigenvalue weighted by molar-refractivity contribution is 5.70. The Bertz CT molecular complexity index is 469. The fraction of sp³-hybridized carbons (Fsp3) is 0.600. The average Bonchev–Trinajstić information content (AvgIpc) is 2.46. The molecule has 1 aliphatic rings. The zero-order chi connectivity index (χ0) is 13.8. The minimum absolute atomic E-state index is 0.0303. The first-order valence-electron chi connectivity index (χ1n) is 6.02. The number of aliphatic hydroxyl groups is 1. The third-order valence-corrected chi connectivity index (χ3v) is 3.23. The Hall–Kier alpha value is -2.00. The van der Waals surface area contributed by atoms with Gasteiger partial charge in [-0.1, -0.05) is 0 Å². The molecule has 0 aromatic carbocycles. The van der Waals surface area contributed by atoms with Crippen molar-refractivity contribution in [2.24, 2.45) is 5.84 Å².